The van der Waals surface area contributed by atoms with E-state index in [0.29, 0.717) is 30.6 Å². The molecule has 1 aromatic rings. The zero-order valence-electron chi connectivity index (χ0n) is 13.8. The van der Waals surface area contributed by atoms with Crippen LogP contribution in [0.3, 0.4) is 0 Å². The van der Waals surface area contributed by atoms with Crippen molar-refractivity contribution in [2.24, 2.45) is 0 Å². The van der Waals surface area contributed by atoms with Gasteiger partial charge in [-0.1, -0.05) is 0 Å². The molecule has 1 fully saturated rings. The zero-order chi connectivity index (χ0) is 17.0. The van der Waals surface area contributed by atoms with Gasteiger partial charge >= 0.3 is 0 Å². The maximum absolute atomic E-state index is 12.4. The largest absolute Gasteiger partial charge is 0.480 e. The number of carbonyl (C=O) groups is 2. The Morgan fingerprint density at radius 1 is 1.26 bits per heavy atom. The van der Waals surface area contributed by atoms with Crippen LogP contribution in [-0.2, 0) is 9.22 Å². The number of Topliss-reactive ketones (excluding diaryl/α,β-unsaturated/α-hetero) is 1. The lowest BCUT2D eigenvalue weighted by atomic mass is 9.91. The summed E-state index contributed by atoms with van der Waals surface area (Å²) in [6.07, 6.45) is 1.46. The van der Waals surface area contributed by atoms with Gasteiger partial charge in [-0.25, -0.2) is 0 Å². The highest BCUT2D eigenvalue weighted by molar-refractivity contribution is 7.10. The molecule has 0 spiro atoms. The fourth-order valence-corrected chi connectivity index (χ4v) is 4.01. The van der Waals surface area contributed by atoms with E-state index in [1.807, 2.05) is 0 Å². The van der Waals surface area contributed by atoms with Crippen molar-refractivity contribution >= 4 is 29.5 Å². The van der Waals surface area contributed by atoms with E-state index in [-0.39, 0.29) is 23.8 Å². The maximum atomic E-state index is 12.4. The average Bonchev–Trinajstić information content (AvgIpc) is 2.49. The number of carbonyl (C=O) groups excluding carboxylic acids is 2. The van der Waals surface area contributed by atoms with E-state index in [2.05, 4.69) is 34.4 Å². The Morgan fingerprint density at radius 2 is 1.91 bits per heavy atom. The van der Waals surface area contributed by atoms with Crippen molar-refractivity contribution in [3.8, 4) is 5.75 Å². The van der Waals surface area contributed by atoms with Gasteiger partial charge in [0.25, 0.3) is 5.91 Å². The second kappa shape index (κ2) is 7.56. The van der Waals surface area contributed by atoms with Gasteiger partial charge in [0.2, 0.25) is 0 Å². The van der Waals surface area contributed by atoms with Crippen molar-refractivity contribution in [3.63, 3.8) is 0 Å². The first-order chi connectivity index (χ1) is 10.8. The van der Waals surface area contributed by atoms with E-state index in [4.69, 9.17) is 8.95 Å². The molecule has 7 heteroatoms. The van der Waals surface area contributed by atoms with Gasteiger partial charge in [-0.2, -0.15) is 0 Å². The first-order valence-electron chi connectivity index (χ1n) is 7.75. The van der Waals surface area contributed by atoms with E-state index >= 15 is 0 Å². The second-order valence-corrected chi connectivity index (χ2v) is 11.5. The van der Waals surface area contributed by atoms with E-state index < -0.39 is 8.32 Å². The molecule has 0 aliphatic heterocycles. The second-order valence-electron chi connectivity index (χ2n) is 6.77. The van der Waals surface area contributed by atoms with Gasteiger partial charge in [-0.05, 0) is 50.3 Å². The van der Waals surface area contributed by atoms with Crippen LogP contribution >= 0.6 is 9.47 Å². The van der Waals surface area contributed by atoms with Crippen molar-refractivity contribution in [1.82, 2.24) is 5.32 Å². The molecule has 0 saturated heterocycles. The van der Waals surface area contributed by atoms with Crippen LogP contribution in [0.15, 0.2) is 24.3 Å². The van der Waals surface area contributed by atoms with Crippen LogP contribution in [0.5, 0.6) is 5.75 Å². The molecule has 23 heavy (non-hydrogen) atoms. The van der Waals surface area contributed by atoms with Crippen LogP contribution in [-0.4, -0.2) is 32.2 Å². The Balaban J connectivity index is 2.06. The number of amides is 1. The molecule has 1 amide bonds. The Morgan fingerprint density at radius 3 is 2.48 bits per heavy atom. The van der Waals surface area contributed by atoms with Crippen LogP contribution < -0.4 is 9.84 Å². The minimum Gasteiger partial charge on any atom is -0.480 e. The molecule has 1 aromatic carbocycles. The molecule has 1 N–H and O–H groups in total. The summed E-state index contributed by atoms with van der Waals surface area (Å²) in [5.74, 6) is 0.654. The standard InChI is InChI=1S/C16H24NO4PSi/c1-23(2,3)21-15-9-6-12(18)10-14(15)17-16(19)11-4-7-13(20-22)8-5-11/h4-5,7-8,14-15H,6,9-10,22H2,1-3H3,(H,17,19)/t14-,15+/m0/s1. The molecule has 0 radical (unpaired) electrons. The summed E-state index contributed by atoms with van der Waals surface area (Å²) in [6, 6.07) is 6.60. The van der Waals surface area contributed by atoms with Gasteiger partial charge in [0.1, 0.15) is 11.5 Å². The molecular weight excluding hydrogens is 329 g/mol. The summed E-state index contributed by atoms with van der Waals surface area (Å²) in [4.78, 5) is 24.2. The number of ketones is 1. The Labute approximate surface area is 140 Å². The summed E-state index contributed by atoms with van der Waals surface area (Å²) < 4.78 is 11.2. The Bertz CT molecular complexity index is 570. The lowest BCUT2D eigenvalue weighted by Gasteiger charge is -2.35. The van der Waals surface area contributed by atoms with Gasteiger partial charge in [-0.15, -0.1) is 0 Å². The molecule has 5 nitrogen and oxygen atoms in total. The highest BCUT2D eigenvalue weighted by atomic mass is 31.0. The van der Waals surface area contributed by atoms with E-state index in [1.165, 1.54) is 0 Å². The molecule has 1 saturated carbocycles. The van der Waals surface area contributed by atoms with Crippen molar-refractivity contribution in [3.05, 3.63) is 29.8 Å². The molecule has 3 atom stereocenters. The minimum absolute atomic E-state index is 0.0852. The molecule has 0 aromatic heterocycles. The van der Waals surface area contributed by atoms with E-state index in [1.54, 1.807) is 24.3 Å². The summed E-state index contributed by atoms with van der Waals surface area (Å²) in [6.45, 7) is 6.34. The van der Waals surface area contributed by atoms with Gasteiger partial charge in [-0.3, -0.25) is 9.59 Å². The van der Waals surface area contributed by atoms with Gasteiger partial charge < -0.3 is 14.3 Å². The van der Waals surface area contributed by atoms with Gasteiger partial charge in [0.15, 0.2) is 8.32 Å². The van der Waals surface area contributed by atoms with E-state index in [0.717, 1.165) is 0 Å². The first kappa shape index (κ1) is 18.1. The van der Waals surface area contributed by atoms with Crippen LogP contribution in [0.2, 0.25) is 19.6 Å². The third-order valence-electron chi connectivity index (χ3n) is 3.68. The molecule has 1 aliphatic carbocycles. The quantitative estimate of drug-likeness (QED) is 0.653. The van der Waals surface area contributed by atoms with Crippen LogP contribution in [0, 0.1) is 0 Å². The Hall–Kier alpha value is -1.23. The lowest BCUT2D eigenvalue weighted by molar-refractivity contribution is -0.122. The monoisotopic (exact) mass is 353 g/mol. The number of hydrogen-bond acceptors (Lipinski definition) is 4. The van der Waals surface area contributed by atoms with Crippen molar-refractivity contribution in [2.75, 3.05) is 0 Å². The van der Waals surface area contributed by atoms with Crippen molar-refractivity contribution in [2.45, 2.75) is 51.0 Å². The average molecular weight is 353 g/mol. The van der Waals surface area contributed by atoms with Crippen molar-refractivity contribution < 1.29 is 18.5 Å². The maximum Gasteiger partial charge on any atom is 0.251 e. The predicted molar refractivity (Wildman–Crippen MR) is 95.1 cm³/mol. The molecule has 1 unspecified atom stereocenters. The third-order valence-corrected chi connectivity index (χ3v) is 4.96. The number of benzene rings is 1. The molecule has 126 valence electrons. The third kappa shape index (κ3) is 5.41. The molecule has 2 rings (SSSR count). The topological polar surface area (TPSA) is 64.6 Å². The number of nitrogens with one attached hydrogen (secondary N) is 1. The summed E-state index contributed by atoms with van der Waals surface area (Å²) in [7, 11) is 0.432. The van der Waals surface area contributed by atoms with Gasteiger partial charge in [0, 0.05) is 18.4 Å². The summed E-state index contributed by atoms with van der Waals surface area (Å²) in [5.41, 5.74) is 0.542. The smallest absolute Gasteiger partial charge is 0.251 e. The van der Waals surface area contributed by atoms with Crippen LogP contribution in [0.1, 0.15) is 29.6 Å². The zero-order valence-corrected chi connectivity index (χ0v) is 16.0. The lowest BCUT2D eigenvalue weighted by Crippen LogP contribution is -2.51. The summed E-state index contributed by atoms with van der Waals surface area (Å²) in [5, 5.41) is 2.97. The van der Waals surface area contributed by atoms with Crippen LogP contribution in [0.4, 0.5) is 0 Å². The predicted octanol–water partition coefficient (Wildman–Crippen LogP) is 2.93. The Kier molecular flexibility index (Phi) is 5.95. The SMILES string of the molecule is C[Si](C)(C)O[C@@H]1CCC(=O)C[C@@H]1NC(=O)c1ccc(OP)cc1. The highest BCUT2D eigenvalue weighted by Crippen LogP contribution is 2.23. The summed E-state index contributed by atoms with van der Waals surface area (Å²) >= 11 is 0. The number of hydrogen-bond donors (Lipinski definition) is 1. The number of rotatable bonds is 5. The fourth-order valence-electron chi connectivity index (χ4n) is 2.66. The van der Waals surface area contributed by atoms with Crippen LogP contribution in [0.25, 0.3) is 0 Å². The van der Waals surface area contributed by atoms with Gasteiger partial charge in [0.05, 0.1) is 21.6 Å². The van der Waals surface area contributed by atoms with E-state index in [9.17, 15) is 9.59 Å². The highest BCUT2D eigenvalue weighted by Gasteiger charge is 2.34. The molecule has 0 bridgehead atoms. The minimum atomic E-state index is -1.73. The fraction of sp³-hybridized carbons (Fsp3) is 0.500. The molecule has 0 heterocycles. The molecule has 1 aliphatic rings. The van der Waals surface area contributed by atoms with Crippen molar-refractivity contribution in [1.29, 1.82) is 0 Å². The first-order valence-corrected chi connectivity index (χ1v) is 11.6. The normalized spacial score (nSPS) is 21.8. The molecular formula is C16H24NO4PSi.